The van der Waals surface area contributed by atoms with Crippen molar-refractivity contribution in [3.63, 3.8) is 0 Å². The SMILES string of the molecule is O=C(O)[C@@H]1CCc2sc(-n3cccc3)nc21. The Kier molecular flexibility index (Phi) is 2.07. The molecule has 2 aromatic rings. The second-order valence-corrected chi connectivity index (χ2v) is 4.89. The molecule has 0 amide bonds. The van der Waals surface area contributed by atoms with Crippen molar-refractivity contribution in [2.24, 2.45) is 0 Å². The van der Waals surface area contributed by atoms with Crippen LogP contribution in [-0.2, 0) is 11.2 Å². The maximum atomic E-state index is 11.0. The fraction of sp³-hybridized carbons (Fsp3) is 0.273. The van der Waals surface area contributed by atoms with E-state index >= 15 is 0 Å². The minimum atomic E-state index is -0.761. The monoisotopic (exact) mass is 234 g/mol. The van der Waals surface area contributed by atoms with Gasteiger partial charge in [-0.2, -0.15) is 0 Å². The number of fused-ring (bicyclic) bond motifs is 1. The normalized spacial score (nSPS) is 18.6. The van der Waals surface area contributed by atoms with E-state index in [9.17, 15) is 4.79 Å². The molecule has 1 aliphatic rings. The number of aliphatic carboxylic acids is 1. The second-order valence-electron chi connectivity index (χ2n) is 3.82. The van der Waals surface area contributed by atoms with Gasteiger partial charge in [-0.25, -0.2) is 4.98 Å². The number of carbonyl (C=O) groups is 1. The van der Waals surface area contributed by atoms with Crippen LogP contribution in [0.5, 0.6) is 0 Å². The molecule has 0 spiro atoms. The van der Waals surface area contributed by atoms with Crippen molar-refractivity contribution in [2.75, 3.05) is 0 Å². The van der Waals surface area contributed by atoms with Crippen LogP contribution >= 0.6 is 11.3 Å². The lowest BCUT2D eigenvalue weighted by atomic mass is 10.1. The summed E-state index contributed by atoms with van der Waals surface area (Å²) in [4.78, 5) is 16.6. The van der Waals surface area contributed by atoms with Gasteiger partial charge < -0.3 is 9.67 Å². The molecular formula is C11H10N2O2S. The largest absolute Gasteiger partial charge is 0.481 e. The zero-order valence-electron chi connectivity index (χ0n) is 8.46. The summed E-state index contributed by atoms with van der Waals surface area (Å²) >= 11 is 1.59. The number of hydrogen-bond donors (Lipinski definition) is 1. The number of nitrogens with zero attached hydrogens (tertiary/aromatic N) is 2. The molecule has 0 saturated heterocycles. The fourth-order valence-corrected chi connectivity index (χ4v) is 3.13. The highest BCUT2D eigenvalue weighted by atomic mass is 32.1. The van der Waals surface area contributed by atoms with E-state index in [0.29, 0.717) is 6.42 Å². The average Bonchev–Trinajstić information content (AvgIpc) is 2.92. The van der Waals surface area contributed by atoms with Gasteiger partial charge in [-0.1, -0.05) is 0 Å². The molecule has 0 saturated carbocycles. The number of carboxylic acids is 1. The van der Waals surface area contributed by atoms with Gasteiger partial charge in [-0.3, -0.25) is 4.79 Å². The Balaban J connectivity index is 2.02. The molecule has 4 nitrogen and oxygen atoms in total. The highest BCUT2D eigenvalue weighted by molar-refractivity contribution is 7.14. The lowest BCUT2D eigenvalue weighted by Crippen LogP contribution is -2.08. The first kappa shape index (κ1) is 9.59. The van der Waals surface area contributed by atoms with Crippen LogP contribution in [0.15, 0.2) is 24.5 Å². The number of aromatic nitrogens is 2. The lowest BCUT2D eigenvalue weighted by molar-refractivity contribution is -0.138. The summed E-state index contributed by atoms with van der Waals surface area (Å²) in [6.07, 6.45) is 5.37. The molecule has 1 aliphatic carbocycles. The summed E-state index contributed by atoms with van der Waals surface area (Å²) in [5, 5.41) is 9.92. The van der Waals surface area contributed by atoms with Crippen LogP contribution in [0.2, 0.25) is 0 Å². The molecule has 1 atom stereocenters. The molecule has 3 rings (SSSR count). The molecule has 0 unspecified atom stereocenters. The van der Waals surface area contributed by atoms with Crippen LogP contribution in [-0.4, -0.2) is 20.6 Å². The Morgan fingerprint density at radius 2 is 2.25 bits per heavy atom. The van der Waals surface area contributed by atoms with E-state index in [0.717, 1.165) is 22.1 Å². The quantitative estimate of drug-likeness (QED) is 0.865. The van der Waals surface area contributed by atoms with Crippen molar-refractivity contribution in [3.8, 4) is 5.13 Å². The molecule has 0 aromatic carbocycles. The van der Waals surface area contributed by atoms with Gasteiger partial charge in [-0.05, 0) is 25.0 Å². The molecule has 0 radical (unpaired) electrons. The zero-order valence-corrected chi connectivity index (χ0v) is 9.28. The van der Waals surface area contributed by atoms with Crippen LogP contribution in [0.4, 0.5) is 0 Å². The number of carboxylic acid groups (broad SMARTS) is 1. The van der Waals surface area contributed by atoms with E-state index in [1.807, 2.05) is 29.1 Å². The predicted molar refractivity (Wildman–Crippen MR) is 60.1 cm³/mol. The summed E-state index contributed by atoms with van der Waals surface area (Å²) in [6.45, 7) is 0. The van der Waals surface area contributed by atoms with E-state index in [-0.39, 0.29) is 0 Å². The van der Waals surface area contributed by atoms with Crippen molar-refractivity contribution in [1.82, 2.24) is 9.55 Å². The van der Waals surface area contributed by atoms with Gasteiger partial charge in [0.1, 0.15) is 5.92 Å². The van der Waals surface area contributed by atoms with Crippen molar-refractivity contribution >= 4 is 17.3 Å². The van der Waals surface area contributed by atoms with E-state index in [1.165, 1.54) is 0 Å². The third-order valence-corrected chi connectivity index (χ3v) is 3.97. The summed E-state index contributed by atoms with van der Waals surface area (Å²) in [5.41, 5.74) is 0.765. The predicted octanol–water partition coefficient (Wildman–Crippen LogP) is 2.05. The number of rotatable bonds is 2. The van der Waals surface area contributed by atoms with Gasteiger partial charge in [0.25, 0.3) is 0 Å². The van der Waals surface area contributed by atoms with E-state index in [2.05, 4.69) is 4.98 Å². The molecule has 2 aromatic heterocycles. The third kappa shape index (κ3) is 1.36. The number of aryl methyl sites for hydroxylation is 1. The van der Waals surface area contributed by atoms with Crippen molar-refractivity contribution in [3.05, 3.63) is 35.1 Å². The molecule has 16 heavy (non-hydrogen) atoms. The molecular weight excluding hydrogens is 224 g/mol. The van der Waals surface area contributed by atoms with E-state index in [1.54, 1.807) is 11.3 Å². The van der Waals surface area contributed by atoms with Gasteiger partial charge in [0.05, 0.1) is 5.69 Å². The standard InChI is InChI=1S/C11H10N2O2S/c14-10(15)7-3-4-8-9(7)12-11(16-8)13-5-1-2-6-13/h1-2,5-7H,3-4H2,(H,14,15)/t7-/m1/s1. The Morgan fingerprint density at radius 1 is 1.50 bits per heavy atom. The van der Waals surface area contributed by atoms with Crippen LogP contribution < -0.4 is 0 Å². The lowest BCUT2D eigenvalue weighted by Gasteiger charge is -2.01. The van der Waals surface area contributed by atoms with Gasteiger partial charge >= 0.3 is 5.97 Å². The van der Waals surface area contributed by atoms with Gasteiger partial charge in [0.2, 0.25) is 0 Å². The van der Waals surface area contributed by atoms with Crippen molar-refractivity contribution < 1.29 is 9.90 Å². The summed E-state index contributed by atoms with van der Waals surface area (Å²) in [6, 6.07) is 3.86. The Morgan fingerprint density at radius 3 is 2.94 bits per heavy atom. The molecule has 82 valence electrons. The molecule has 2 heterocycles. The van der Waals surface area contributed by atoms with Crippen LogP contribution in [0.25, 0.3) is 5.13 Å². The zero-order chi connectivity index (χ0) is 11.1. The summed E-state index contributed by atoms with van der Waals surface area (Å²) in [7, 11) is 0. The average molecular weight is 234 g/mol. The van der Waals surface area contributed by atoms with Crippen molar-refractivity contribution in [2.45, 2.75) is 18.8 Å². The molecule has 0 fully saturated rings. The van der Waals surface area contributed by atoms with Gasteiger partial charge in [0.15, 0.2) is 5.13 Å². The van der Waals surface area contributed by atoms with Gasteiger partial charge in [0, 0.05) is 17.3 Å². The number of thiazole rings is 1. The Bertz CT molecular complexity index is 530. The van der Waals surface area contributed by atoms with Crippen LogP contribution in [0.1, 0.15) is 22.9 Å². The first-order valence-corrected chi connectivity index (χ1v) is 5.93. The van der Waals surface area contributed by atoms with Gasteiger partial charge in [-0.15, -0.1) is 11.3 Å². The van der Waals surface area contributed by atoms with Crippen LogP contribution in [0.3, 0.4) is 0 Å². The Hall–Kier alpha value is -1.62. The molecule has 0 aliphatic heterocycles. The summed E-state index contributed by atoms with van der Waals surface area (Å²) in [5.74, 6) is -1.17. The van der Waals surface area contributed by atoms with Crippen molar-refractivity contribution in [1.29, 1.82) is 0 Å². The third-order valence-electron chi connectivity index (χ3n) is 2.83. The second kappa shape index (κ2) is 3.45. The number of hydrogen-bond acceptors (Lipinski definition) is 3. The highest BCUT2D eigenvalue weighted by Gasteiger charge is 2.32. The maximum absolute atomic E-state index is 11.0. The summed E-state index contributed by atoms with van der Waals surface area (Å²) < 4.78 is 1.92. The first-order valence-electron chi connectivity index (χ1n) is 5.11. The molecule has 0 bridgehead atoms. The van der Waals surface area contributed by atoms with E-state index < -0.39 is 11.9 Å². The molecule has 5 heteroatoms. The minimum absolute atomic E-state index is 0.407. The Labute approximate surface area is 96.2 Å². The van der Waals surface area contributed by atoms with E-state index in [4.69, 9.17) is 5.11 Å². The smallest absolute Gasteiger partial charge is 0.312 e. The minimum Gasteiger partial charge on any atom is -0.481 e. The first-order chi connectivity index (χ1) is 7.75. The van der Waals surface area contributed by atoms with Crippen LogP contribution in [0, 0.1) is 0 Å². The fourth-order valence-electron chi connectivity index (χ4n) is 2.03. The topological polar surface area (TPSA) is 55.1 Å². The highest BCUT2D eigenvalue weighted by Crippen LogP contribution is 2.37. The maximum Gasteiger partial charge on any atom is 0.312 e. The molecule has 1 N–H and O–H groups in total.